The van der Waals surface area contributed by atoms with Crippen LogP contribution in [0.25, 0.3) is 0 Å². The molecule has 0 bridgehead atoms. The Morgan fingerprint density at radius 2 is 1.92 bits per heavy atom. The van der Waals surface area contributed by atoms with Crippen molar-refractivity contribution in [2.45, 2.75) is 25.8 Å². The van der Waals surface area contributed by atoms with E-state index in [0.717, 1.165) is 23.1 Å². The minimum atomic E-state index is -3.35. The molecule has 2 aromatic rings. The van der Waals surface area contributed by atoms with Gasteiger partial charge in [0.05, 0.1) is 18.0 Å². The van der Waals surface area contributed by atoms with Gasteiger partial charge in [0.1, 0.15) is 0 Å². The molecule has 1 heterocycles. The highest BCUT2D eigenvalue weighted by atomic mass is 32.2. The Hall–Kier alpha value is -2.67. The van der Waals surface area contributed by atoms with Gasteiger partial charge in [0.2, 0.25) is 15.9 Å². The van der Waals surface area contributed by atoms with Crippen molar-refractivity contribution in [2.24, 2.45) is 5.10 Å². The molecule has 7 heteroatoms. The van der Waals surface area contributed by atoms with Crippen molar-refractivity contribution in [3.63, 3.8) is 0 Å². The summed E-state index contributed by atoms with van der Waals surface area (Å²) in [6, 6.07) is 16.7. The van der Waals surface area contributed by atoms with Crippen LogP contribution >= 0.6 is 0 Å². The minimum Gasteiger partial charge on any atom is -0.284 e. The summed E-state index contributed by atoms with van der Waals surface area (Å²) in [6.45, 7) is 1.81. The van der Waals surface area contributed by atoms with Gasteiger partial charge in [0.15, 0.2) is 0 Å². The van der Waals surface area contributed by atoms with E-state index in [1.807, 2.05) is 43.3 Å². The summed E-state index contributed by atoms with van der Waals surface area (Å²) in [5.41, 5.74) is 3.06. The van der Waals surface area contributed by atoms with Gasteiger partial charge in [-0.2, -0.15) is 5.10 Å². The zero-order valence-electron chi connectivity index (χ0n) is 14.7. The minimum absolute atomic E-state index is 0.0423. The second kappa shape index (κ2) is 7.29. The summed E-state index contributed by atoms with van der Waals surface area (Å²) >= 11 is 0. The average Bonchev–Trinajstić information content (AvgIpc) is 3.06. The van der Waals surface area contributed by atoms with Gasteiger partial charge >= 0.3 is 0 Å². The summed E-state index contributed by atoms with van der Waals surface area (Å²) in [5.74, 6) is -0.0423. The first-order valence-corrected chi connectivity index (χ1v) is 10.3. The van der Waals surface area contributed by atoms with Crippen molar-refractivity contribution in [3.05, 3.63) is 65.7 Å². The van der Waals surface area contributed by atoms with Gasteiger partial charge in [-0.25, -0.2) is 13.4 Å². The van der Waals surface area contributed by atoms with Crippen LogP contribution in [0.2, 0.25) is 0 Å². The number of rotatable bonds is 5. The monoisotopic (exact) mass is 371 g/mol. The largest absolute Gasteiger partial charge is 0.284 e. The third kappa shape index (κ3) is 4.11. The lowest BCUT2D eigenvalue weighted by Gasteiger charge is -2.21. The van der Waals surface area contributed by atoms with Gasteiger partial charge < -0.3 is 0 Å². The van der Waals surface area contributed by atoms with E-state index < -0.39 is 10.0 Å². The van der Waals surface area contributed by atoms with Crippen LogP contribution in [-0.2, 0) is 14.8 Å². The van der Waals surface area contributed by atoms with Crippen LogP contribution in [0.3, 0.4) is 0 Å². The van der Waals surface area contributed by atoms with E-state index in [0.29, 0.717) is 18.5 Å². The molecule has 0 unspecified atom stereocenters. The number of amides is 1. The van der Waals surface area contributed by atoms with Gasteiger partial charge in [0.25, 0.3) is 0 Å². The van der Waals surface area contributed by atoms with Crippen LogP contribution in [0.15, 0.2) is 59.7 Å². The van der Waals surface area contributed by atoms with Crippen molar-refractivity contribution >= 4 is 27.3 Å². The van der Waals surface area contributed by atoms with E-state index in [9.17, 15) is 13.2 Å². The van der Waals surface area contributed by atoms with E-state index >= 15 is 0 Å². The lowest BCUT2D eigenvalue weighted by molar-refractivity contribution is -0.132. The standard InChI is InChI=1S/C19H21N3O3S/c1-3-19(23)22-18(14-8-5-4-6-9-14)13-17(20-22)15-10-7-11-16(12-15)21-26(2,24)25/h4-12,18,21H,3,13H2,1-2H3/t18-/m0/s1. The highest BCUT2D eigenvalue weighted by Gasteiger charge is 2.32. The molecule has 6 nitrogen and oxygen atoms in total. The Morgan fingerprint density at radius 1 is 1.19 bits per heavy atom. The van der Waals surface area contributed by atoms with Crippen LogP contribution in [0.5, 0.6) is 0 Å². The summed E-state index contributed by atoms with van der Waals surface area (Å²) in [7, 11) is -3.35. The highest BCUT2D eigenvalue weighted by molar-refractivity contribution is 7.92. The van der Waals surface area contributed by atoms with E-state index in [2.05, 4.69) is 9.82 Å². The molecule has 1 aliphatic heterocycles. The lowest BCUT2D eigenvalue weighted by atomic mass is 9.98. The molecule has 1 aliphatic rings. The Bertz CT molecular complexity index is 940. The molecular formula is C19H21N3O3S. The number of nitrogens with one attached hydrogen (secondary N) is 1. The van der Waals surface area contributed by atoms with Crippen LogP contribution in [-0.4, -0.2) is 31.3 Å². The average molecular weight is 371 g/mol. The predicted molar refractivity (Wildman–Crippen MR) is 102 cm³/mol. The first kappa shape index (κ1) is 18.1. The number of carbonyl (C=O) groups excluding carboxylic acids is 1. The molecule has 0 radical (unpaired) electrons. The van der Waals surface area contributed by atoms with Crippen molar-refractivity contribution in [2.75, 3.05) is 11.0 Å². The van der Waals surface area contributed by atoms with Gasteiger partial charge in [-0.15, -0.1) is 0 Å². The third-order valence-electron chi connectivity index (χ3n) is 4.15. The van der Waals surface area contributed by atoms with E-state index in [-0.39, 0.29) is 11.9 Å². The number of anilines is 1. The fourth-order valence-electron chi connectivity index (χ4n) is 2.99. The molecule has 1 N–H and O–H groups in total. The molecule has 136 valence electrons. The summed E-state index contributed by atoms with van der Waals surface area (Å²) in [5, 5.41) is 6.09. The maximum Gasteiger partial charge on any atom is 0.242 e. The highest BCUT2D eigenvalue weighted by Crippen LogP contribution is 2.33. The fourth-order valence-corrected chi connectivity index (χ4v) is 3.54. The number of nitrogens with zero attached hydrogens (tertiary/aromatic N) is 2. The molecular weight excluding hydrogens is 350 g/mol. The van der Waals surface area contributed by atoms with E-state index in [4.69, 9.17) is 0 Å². The Morgan fingerprint density at radius 3 is 2.58 bits per heavy atom. The van der Waals surface area contributed by atoms with Crippen molar-refractivity contribution in [1.29, 1.82) is 0 Å². The molecule has 0 saturated heterocycles. The second-order valence-corrected chi connectivity index (χ2v) is 7.97. The van der Waals surface area contributed by atoms with Crippen molar-refractivity contribution in [1.82, 2.24) is 5.01 Å². The van der Waals surface area contributed by atoms with E-state index in [1.165, 1.54) is 0 Å². The Kier molecular flexibility index (Phi) is 5.08. The van der Waals surface area contributed by atoms with Gasteiger partial charge in [0, 0.05) is 18.5 Å². The molecule has 1 atom stereocenters. The first-order chi connectivity index (χ1) is 12.4. The summed E-state index contributed by atoms with van der Waals surface area (Å²) < 4.78 is 25.4. The number of benzene rings is 2. The molecule has 0 spiro atoms. The van der Waals surface area contributed by atoms with Crippen LogP contribution < -0.4 is 4.72 Å². The third-order valence-corrected chi connectivity index (χ3v) is 4.76. The van der Waals surface area contributed by atoms with Crippen molar-refractivity contribution < 1.29 is 13.2 Å². The second-order valence-electron chi connectivity index (χ2n) is 6.22. The maximum absolute atomic E-state index is 12.4. The normalized spacial score (nSPS) is 17.1. The predicted octanol–water partition coefficient (Wildman–Crippen LogP) is 3.15. The first-order valence-electron chi connectivity index (χ1n) is 8.40. The maximum atomic E-state index is 12.4. The SMILES string of the molecule is CCC(=O)N1N=C(c2cccc(NS(C)(=O)=O)c2)C[C@H]1c1ccccc1. The Labute approximate surface area is 153 Å². The lowest BCUT2D eigenvalue weighted by Crippen LogP contribution is -2.26. The van der Waals surface area contributed by atoms with Crippen LogP contribution in [0, 0.1) is 0 Å². The number of hydrogen-bond acceptors (Lipinski definition) is 4. The zero-order valence-corrected chi connectivity index (χ0v) is 15.5. The van der Waals surface area contributed by atoms with Gasteiger partial charge in [-0.05, 0) is 23.3 Å². The summed E-state index contributed by atoms with van der Waals surface area (Å²) in [4.78, 5) is 12.4. The molecule has 0 fully saturated rings. The smallest absolute Gasteiger partial charge is 0.242 e. The fraction of sp³-hybridized carbons (Fsp3) is 0.263. The van der Waals surface area contributed by atoms with Crippen LogP contribution in [0.1, 0.15) is 36.9 Å². The topological polar surface area (TPSA) is 78.8 Å². The van der Waals surface area contributed by atoms with Gasteiger partial charge in [-0.1, -0.05) is 49.4 Å². The number of sulfonamides is 1. The quantitative estimate of drug-likeness (QED) is 0.877. The van der Waals surface area contributed by atoms with Crippen molar-refractivity contribution in [3.8, 4) is 0 Å². The van der Waals surface area contributed by atoms with Crippen LogP contribution in [0.4, 0.5) is 5.69 Å². The molecule has 0 saturated carbocycles. The molecule has 2 aromatic carbocycles. The molecule has 3 rings (SSSR count). The molecule has 26 heavy (non-hydrogen) atoms. The van der Waals surface area contributed by atoms with Gasteiger partial charge in [-0.3, -0.25) is 9.52 Å². The van der Waals surface area contributed by atoms with E-state index in [1.54, 1.807) is 23.2 Å². The zero-order chi connectivity index (χ0) is 18.7. The number of carbonyl (C=O) groups is 1. The number of hydrogen-bond donors (Lipinski definition) is 1. The molecule has 1 amide bonds. The summed E-state index contributed by atoms with van der Waals surface area (Å²) in [6.07, 6.45) is 2.06. The molecule has 0 aliphatic carbocycles. The Balaban J connectivity index is 1.93. The number of hydrazone groups is 1. The molecule has 0 aromatic heterocycles.